The first-order valence-corrected chi connectivity index (χ1v) is 12.7. The second-order valence-corrected chi connectivity index (χ2v) is 9.83. The van der Waals surface area contributed by atoms with Crippen LogP contribution in [0.3, 0.4) is 0 Å². The Bertz CT molecular complexity index is 1220. The van der Waals surface area contributed by atoms with Gasteiger partial charge < -0.3 is 9.80 Å². The zero-order chi connectivity index (χ0) is 25.3. The third kappa shape index (κ3) is 4.32. The zero-order valence-electron chi connectivity index (χ0n) is 20.5. The number of para-hydroxylation sites is 1. The number of carbonyl (C=O) groups is 1. The van der Waals surface area contributed by atoms with Gasteiger partial charge in [0.2, 0.25) is 5.91 Å². The fraction of sp³-hybridized carbons (Fsp3) is 0.367. The molecule has 0 aromatic heterocycles. The predicted molar refractivity (Wildman–Crippen MR) is 136 cm³/mol. The van der Waals surface area contributed by atoms with E-state index in [1.165, 1.54) is 12.1 Å². The molecule has 0 aliphatic carbocycles. The van der Waals surface area contributed by atoms with E-state index in [4.69, 9.17) is 0 Å². The van der Waals surface area contributed by atoms with Gasteiger partial charge in [0.15, 0.2) is 0 Å². The van der Waals surface area contributed by atoms with Gasteiger partial charge in [-0.1, -0.05) is 66.7 Å². The number of carbonyl (C=O) groups excluding carboxylic acids is 1. The molecule has 2 aliphatic rings. The first kappa shape index (κ1) is 24.6. The number of likely N-dealkylation sites (N-methyl/N-ethyl adjacent to an activating group) is 1. The van der Waals surface area contributed by atoms with Crippen LogP contribution in [-0.4, -0.2) is 37.0 Å². The first-order chi connectivity index (χ1) is 17.3. The molecule has 3 aromatic rings. The molecule has 0 spiro atoms. The van der Waals surface area contributed by atoms with Crippen molar-refractivity contribution >= 4 is 11.6 Å². The first-order valence-electron chi connectivity index (χ1n) is 12.7. The number of hydrogen-bond donors (Lipinski definition) is 0. The number of fused-ring (bicyclic) bond motifs is 1. The van der Waals surface area contributed by atoms with Crippen LogP contribution in [0.2, 0.25) is 0 Å². The van der Waals surface area contributed by atoms with Crippen LogP contribution in [0.4, 0.5) is 18.9 Å². The number of alkyl halides is 3. The highest BCUT2D eigenvalue weighted by molar-refractivity contribution is 6.10. The Kier molecular flexibility index (Phi) is 6.64. The molecule has 3 nitrogen and oxygen atoms in total. The van der Waals surface area contributed by atoms with Crippen molar-refractivity contribution in [1.82, 2.24) is 4.90 Å². The highest BCUT2D eigenvalue weighted by Crippen LogP contribution is 2.48. The van der Waals surface area contributed by atoms with Crippen LogP contribution in [0.15, 0.2) is 78.9 Å². The van der Waals surface area contributed by atoms with Crippen LogP contribution in [0.25, 0.3) is 0 Å². The standard InChI is InChI=1S/C30H31F3N2O/c1-2-35-27-14-7-6-13-26(27)29(28(35)36,24-10-4-3-5-11-24)17-20-34-18-15-22(16-19-34)23-9-8-12-25(21-23)30(31,32)33/h3-14,21-22H,2,15-20H2,1H3. The monoisotopic (exact) mass is 492 g/mol. The Hall–Kier alpha value is -3.12. The van der Waals surface area contributed by atoms with Gasteiger partial charge in [-0.3, -0.25) is 4.79 Å². The molecule has 0 N–H and O–H groups in total. The van der Waals surface area contributed by atoms with Crippen molar-refractivity contribution in [2.75, 3.05) is 31.1 Å². The SMILES string of the molecule is CCN1C(=O)C(CCN2CCC(c3cccc(C(F)(F)F)c3)CC2)(c2ccccc2)c2ccccc21. The number of likely N-dealkylation sites (tertiary alicyclic amines) is 1. The van der Waals surface area contributed by atoms with E-state index in [2.05, 4.69) is 11.0 Å². The summed E-state index contributed by atoms with van der Waals surface area (Å²) in [6, 6.07) is 23.9. The van der Waals surface area contributed by atoms with Crippen molar-refractivity contribution in [3.63, 3.8) is 0 Å². The number of anilines is 1. The van der Waals surface area contributed by atoms with Gasteiger partial charge in [-0.2, -0.15) is 13.2 Å². The maximum atomic E-state index is 14.0. The topological polar surface area (TPSA) is 23.6 Å². The summed E-state index contributed by atoms with van der Waals surface area (Å²) < 4.78 is 39.5. The molecule has 1 fully saturated rings. The smallest absolute Gasteiger partial charge is 0.311 e. The normalized spacial score (nSPS) is 21.1. The van der Waals surface area contributed by atoms with E-state index in [-0.39, 0.29) is 11.8 Å². The third-order valence-corrected chi connectivity index (χ3v) is 7.92. The van der Waals surface area contributed by atoms with Crippen LogP contribution in [-0.2, 0) is 16.4 Å². The van der Waals surface area contributed by atoms with Gasteiger partial charge in [-0.05, 0) is 80.6 Å². The van der Waals surface area contributed by atoms with Crippen molar-refractivity contribution in [2.24, 2.45) is 0 Å². The Morgan fingerprint density at radius 1 is 0.917 bits per heavy atom. The maximum Gasteiger partial charge on any atom is 0.416 e. The minimum absolute atomic E-state index is 0.121. The van der Waals surface area contributed by atoms with E-state index in [0.717, 1.165) is 60.9 Å². The molecule has 188 valence electrons. The van der Waals surface area contributed by atoms with E-state index in [0.29, 0.717) is 13.0 Å². The summed E-state index contributed by atoms with van der Waals surface area (Å²) in [4.78, 5) is 18.2. The second-order valence-electron chi connectivity index (χ2n) is 9.83. The van der Waals surface area contributed by atoms with Crippen LogP contribution in [0, 0.1) is 0 Å². The number of hydrogen-bond acceptors (Lipinski definition) is 2. The zero-order valence-corrected chi connectivity index (χ0v) is 20.5. The number of halogens is 3. The van der Waals surface area contributed by atoms with E-state index in [1.807, 2.05) is 66.4 Å². The average Bonchev–Trinajstić information content (AvgIpc) is 3.15. The molecule has 1 atom stereocenters. The molecule has 0 bridgehead atoms. The molecule has 1 saturated heterocycles. The van der Waals surface area contributed by atoms with Gasteiger partial charge in [-0.15, -0.1) is 0 Å². The fourth-order valence-electron chi connectivity index (χ4n) is 6.01. The summed E-state index contributed by atoms with van der Waals surface area (Å²) >= 11 is 0. The van der Waals surface area contributed by atoms with Crippen LogP contribution >= 0.6 is 0 Å². The molecule has 1 unspecified atom stereocenters. The minimum atomic E-state index is -4.32. The van der Waals surface area contributed by atoms with Crippen molar-refractivity contribution in [2.45, 2.75) is 43.7 Å². The third-order valence-electron chi connectivity index (χ3n) is 7.92. The summed E-state index contributed by atoms with van der Waals surface area (Å²) in [5.74, 6) is 0.243. The average molecular weight is 493 g/mol. The molecule has 6 heteroatoms. The Labute approximate surface area is 210 Å². The lowest BCUT2D eigenvalue weighted by Gasteiger charge is -2.36. The minimum Gasteiger partial charge on any atom is -0.311 e. The number of benzene rings is 3. The highest BCUT2D eigenvalue weighted by atomic mass is 19.4. The molecule has 36 heavy (non-hydrogen) atoms. The molecule has 0 saturated carbocycles. The largest absolute Gasteiger partial charge is 0.416 e. The lowest BCUT2D eigenvalue weighted by molar-refractivity contribution is -0.137. The highest BCUT2D eigenvalue weighted by Gasteiger charge is 2.51. The quantitative estimate of drug-likeness (QED) is 0.386. The second kappa shape index (κ2) is 9.74. The number of nitrogens with zero attached hydrogens (tertiary/aromatic N) is 2. The van der Waals surface area contributed by atoms with E-state index in [1.54, 1.807) is 0 Å². The summed E-state index contributed by atoms with van der Waals surface area (Å²) in [6.07, 6.45) is -2.03. The summed E-state index contributed by atoms with van der Waals surface area (Å²) in [5, 5.41) is 0. The van der Waals surface area contributed by atoms with Gasteiger partial charge in [0, 0.05) is 12.2 Å². The van der Waals surface area contributed by atoms with Gasteiger partial charge >= 0.3 is 6.18 Å². The predicted octanol–water partition coefficient (Wildman–Crippen LogP) is 6.63. The Balaban J connectivity index is 1.34. The molecular weight excluding hydrogens is 461 g/mol. The fourth-order valence-corrected chi connectivity index (χ4v) is 6.01. The molecular formula is C30H31F3N2O. The molecule has 2 heterocycles. The molecule has 5 rings (SSSR count). The summed E-state index contributed by atoms with van der Waals surface area (Å²) in [7, 11) is 0. The Morgan fingerprint density at radius 3 is 2.31 bits per heavy atom. The number of amides is 1. The van der Waals surface area contributed by atoms with Crippen LogP contribution < -0.4 is 4.90 Å². The summed E-state index contributed by atoms with van der Waals surface area (Å²) in [6.45, 7) is 4.99. The molecule has 1 amide bonds. The van der Waals surface area contributed by atoms with Crippen molar-refractivity contribution < 1.29 is 18.0 Å². The van der Waals surface area contributed by atoms with E-state index in [9.17, 15) is 18.0 Å². The van der Waals surface area contributed by atoms with E-state index < -0.39 is 17.2 Å². The number of piperidine rings is 1. The summed E-state index contributed by atoms with van der Waals surface area (Å²) in [5.41, 5.74) is 2.51. The molecule has 0 radical (unpaired) electrons. The molecule has 2 aliphatic heterocycles. The maximum absolute atomic E-state index is 14.0. The number of rotatable bonds is 6. The lowest BCUT2D eigenvalue weighted by atomic mass is 9.72. The van der Waals surface area contributed by atoms with Crippen molar-refractivity contribution in [3.05, 3.63) is 101 Å². The van der Waals surface area contributed by atoms with Crippen molar-refractivity contribution in [3.8, 4) is 0 Å². The van der Waals surface area contributed by atoms with Gasteiger partial charge in [0.05, 0.1) is 5.56 Å². The van der Waals surface area contributed by atoms with Gasteiger partial charge in [0.1, 0.15) is 5.41 Å². The Morgan fingerprint density at radius 2 is 1.61 bits per heavy atom. The van der Waals surface area contributed by atoms with E-state index >= 15 is 0 Å². The molecule has 3 aromatic carbocycles. The van der Waals surface area contributed by atoms with Crippen LogP contribution in [0.5, 0.6) is 0 Å². The van der Waals surface area contributed by atoms with Gasteiger partial charge in [-0.25, -0.2) is 0 Å². The van der Waals surface area contributed by atoms with Crippen LogP contribution in [0.1, 0.15) is 54.4 Å². The van der Waals surface area contributed by atoms with Crippen molar-refractivity contribution in [1.29, 1.82) is 0 Å². The lowest BCUT2D eigenvalue weighted by Crippen LogP contribution is -2.44. The van der Waals surface area contributed by atoms with Gasteiger partial charge in [0.25, 0.3) is 0 Å².